The van der Waals surface area contributed by atoms with Crippen molar-refractivity contribution >= 4 is 29.9 Å². The van der Waals surface area contributed by atoms with E-state index in [1.165, 1.54) is 12.8 Å². The maximum atomic E-state index is 12.2. The number of nitrogens with one attached hydrogen (secondary N) is 2. The first-order valence-electron chi connectivity index (χ1n) is 8.10. The van der Waals surface area contributed by atoms with E-state index in [0.29, 0.717) is 29.7 Å². The number of halogens is 2. The molecule has 1 fully saturated rings. The van der Waals surface area contributed by atoms with Gasteiger partial charge in [0.2, 0.25) is 0 Å². The first-order valence-corrected chi connectivity index (χ1v) is 8.48. The predicted octanol–water partition coefficient (Wildman–Crippen LogP) is 3.43. The highest BCUT2D eigenvalue weighted by molar-refractivity contribution is 6.32. The quantitative estimate of drug-likeness (QED) is 0.782. The van der Waals surface area contributed by atoms with E-state index >= 15 is 0 Å². The molecule has 2 rings (SSSR count). The second-order valence-corrected chi connectivity index (χ2v) is 6.14. The van der Waals surface area contributed by atoms with Gasteiger partial charge in [0.15, 0.2) is 6.10 Å². The fraction of sp³-hybridized carbons (Fsp3) is 0.588. The van der Waals surface area contributed by atoms with Crippen LogP contribution in [0.4, 0.5) is 0 Å². The molecule has 2 unspecified atom stereocenters. The summed E-state index contributed by atoms with van der Waals surface area (Å²) >= 11 is 6.07. The molecule has 0 spiro atoms. The lowest BCUT2D eigenvalue weighted by molar-refractivity contribution is -0.128. The summed E-state index contributed by atoms with van der Waals surface area (Å²) in [5.41, 5.74) is 0. The van der Waals surface area contributed by atoms with E-state index in [2.05, 4.69) is 10.6 Å². The molecule has 6 heteroatoms. The summed E-state index contributed by atoms with van der Waals surface area (Å²) in [4.78, 5) is 12.2. The number of carbonyl (C=O) groups excluding carboxylic acids is 1. The molecule has 0 bridgehead atoms. The van der Waals surface area contributed by atoms with Crippen LogP contribution in [-0.4, -0.2) is 31.6 Å². The number of ether oxygens (including phenoxy) is 1. The monoisotopic (exact) mass is 360 g/mol. The van der Waals surface area contributed by atoms with Crippen LogP contribution in [0.25, 0.3) is 0 Å². The lowest BCUT2D eigenvalue weighted by Crippen LogP contribution is -2.40. The molecule has 2 atom stereocenters. The van der Waals surface area contributed by atoms with Gasteiger partial charge in [-0.15, -0.1) is 12.4 Å². The van der Waals surface area contributed by atoms with Crippen LogP contribution in [0.15, 0.2) is 24.3 Å². The highest BCUT2D eigenvalue weighted by Gasteiger charge is 2.20. The van der Waals surface area contributed by atoms with Crippen LogP contribution in [0.2, 0.25) is 5.02 Å². The van der Waals surface area contributed by atoms with Crippen LogP contribution >= 0.6 is 24.0 Å². The van der Waals surface area contributed by atoms with Crippen molar-refractivity contribution in [2.75, 3.05) is 19.6 Å². The third-order valence-corrected chi connectivity index (χ3v) is 4.33. The molecular weight excluding hydrogens is 335 g/mol. The maximum absolute atomic E-state index is 12.2. The Kier molecular flexibility index (Phi) is 9.37. The second-order valence-electron chi connectivity index (χ2n) is 5.74. The maximum Gasteiger partial charge on any atom is 0.261 e. The normalized spacial score (nSPS) is 18.6. The molecule has 0 aliphatic carbocycles. The Labute approximate surface area is 149 Å². The summed E-state index contributed by atoms with van der Waals surface area (Å²) in [7, 11) is 0. The highest BCUT2D eigenvalue weighted by Crippen LogP contribution is 2.24. The lowest BCUT2D eigenvalue weighted by Gasteiger charge is -2.23. The Bertz CT molecular complexity index is 479. The molecule has 0 radical (unpaired) electrons. The summed E-state index contributed by atoms with van der Waals surface area (Å²) in [6.07, 6.45) is 3.61. The fourth-order valence-corrected chi connectivity index (χ4v) is 2.88. The summed E-state index contributed by atoms with van der Waals surface area (Å²) in [6.45, 7) is 4.81. The largest absolute Gasteiger partial charge is 0.479 e. The number of piperidine rings is 1. The zero-order chi connectivity index (χ0) is 15.8. The summed E-state index contributed by atoms with van der Waals surface area (Å²) in [5.74, 6) is 1.16. The van der Waals surface area contributed by atoms with Crippen molar-refractivity contribution in [1.29, 1.82) is 0 Å². The average Bonchev–Trinajstić information content (AvgIpc) is 2.55. The van der Waals surface area contributed by atoms with Crippen LogP contribution in [0.5, 0.6) is 5.75 Å². The Morgan fingerprint density at radius 2 is 2.26 bits per heavy atom. The SMILES string of the molecule is CCC(Oc1ccccc1Cl)C(=O)NCCC1CCCNC1.Cl. The molecule has 130 valence electrons. The third kappa shape index (κ3) is 6.58. The second kappa shape index (κ2) is 10.7. The van der Waals surface area contributed by atoms with Crippen molar-refractivity contribution in [3.63, 3.8) is 0 Å². The summed E-state index contributed by atoms with van der Waals surface area (Å²) in [5, 5.41) is 6.91. The van der Waals surface area contributed by atoms with E-state index in [-0.39, 0.29) is 18.3 Å². The van der Waals surface area contributed by atoms with Crippen molar-refractivity contribution < 1.29 is 9.53 Å². The Balaban J connectivity index is 0.00000264. The molecule has 1 aliphatic rings. The lowest BCUT2D eigenvalue weighted by atomic mass is 9.96. The van der Waals surface area contributed by atoms with Crippen LogP contribution < -0.4 is 15.4 Å². The molecule has 1 aromatic carbocycles. The van der Waals surface area contributed by atoms with Gasteiger partial charge in [0, 0.05) is 6.54 Å². The predicted molar refractivity (Wildman–Crippen MR) is 96.6 cm³/mol. The minimum atomic E-state index is -0.496. The van der Waals surface area contributed by atoms with Crippen molar-refractivity contribution in [3.8, 4) is 5.75 Å². The molecular formula is C17H26Cl2N2O2. The van der Waals surface area contributed by atoms with Crippen LogP contribution in [-0.2, 0) is 4.79 Å². The van der Waals surface area contributed by atoms with Crippen molar-refractivity contribution in [2.45, 2.75) is 38.7 Å². The number of hydrogen-bond donors (Lipinski definition) is 2. The Morgan fingerprint density at radius 3 is 2.91 bits per heavy atom. The minimum Gasteiger partial charge on any atom is -0.479 e. The van der Waals surface area contributed by atoms with Crippen molar-refractivity contribution in [1.82, 2.24) is 10.6 Å². The van der Waals surface area contributed by atoms with Gasteiger partial charge < -0.3 is 15.4 Å². The smallest absolute Gasteiger partial charge is 0.261 e. The fourth-order valence-electron chi connectivity index (χ4n) is 2.70. The number of rotatable bonds is 7. The van der Waals surface area contributed by atoms with Crippen LogP contribution in [0, 0.1) is 5.92 Å². The Morgan fingerprint density at radius 1 is 1.48 bits per heavy atom. The van der Waals surface area contributed by atoms with Gasteiger partial charge in [-0.25, -0.2) is 0 Å². The van der Waals surface area contributed by atoms with Gasteiger partial charge in [-0.2, -0.15) is 0 Å². The van der Waals surface area contributed by atoms with Gasteiger partial charge in [0.25, 0.3) is 5.91 Å². The van der Waals surface area contributed by atoms with E-state index in [0.717, 1.165) is 19.5 Å². The van der Waals surface area contributed by atoms with E-state index in [9.17, 15) is 4.79 Å². The molecule has 1 aliphatic heterocycles. The number of benzene rings is 1. The molecule has 4 nitrogen and oxygen atoms in total. The van der Waals surface area contributed by atoms with Gasteiger partial charge in [0.05, 0.1) is 5.02 Å². The van der Waals surface area contributed by atoms with Gasteiger partial charge in [-0.05, 0) is 56.8 Å². The van der Waals surface area contributed by atoms with Gasteiger partial charge in [-0.3, -0.25) is 4.79 Å². The molecule has 0 saturated carbocycles. The zero-order valence-corrected chi connectivity index (χ0v) is 15.1. The molecule has 1 saturated heterocycles. The Hall–Kier alpha value is -0.970. The highest BCUT2D eigenvalue weighted by atomic mass is 35.5. The van der Waals surface area contributed by atoms with Gasteiger partial charge in [-0.1, -0.05) is 30.7 Å². The average molecular weight is 361 g/mol. The molecule has 0 aromatic heterocycles. The van der Waals surface area contributed by atoms with E-state index in [1.54, 1.807) is 12.1 Å². The van der Waals surface area contributed by atoms with E-state index in [4.69, 9.17) is 16.3 Å². The minimum absolute atomic E-state index is 0. The number of carbonyl (C=O) groups is 1. The van der Waals surface area contributed by atoms with Crippen LogP contribution in [0.3, 0.4) is 0 Å². The summed E-state index contributed by atoms with van der Waals surface area (Å²) in [6, 6.07) is 7.24. The van der Waals surface area contributed by atoms with Crippen molar-refractivity contribution in [2.24, 2.45) is 5.92 Å². The number of hydrogen-bond acceptors (Lipinski definition) is 3. The molecule has 2 N–H and O–H groups in total. The van der Waals surface area contributed by atoms with Crippen LogP contribution in [0.1, 0.15) is 32.6 Å². The molecule has 1 aromatic rings. The third-order valence-electron chi connectivity index (χ3n) is 4.02. The first-order chi connectivity index (χ1) is 10.7. The molecule has 23 heavy (non-hydrogen) atoms. The van der Waals surface area contributed by atoms with Gasteiger partial charge >= 0.3 is 0 Å². The standard InChI is InChI=1S/C17H25ClN2O2.ClH/c1-2-15(22-16-8-4-3-7-14(16)18)17(21)20-11-9-13-6-5-10-19-12-13;/h3-4,7-8,13,15,19H,2,5-6,9-12H2,1H3,(H,20,21);1H. The van der Waals surface area contributed by atoms with Gasteiger partial charge in [0.1, 0.15) is 5.75 Å². The van der Waals surface area contributed by atoms with E-state index < -0.39 is 6.10 Å². The van der Waals surface area contributed by atoms with E-state index in [1.807, 2.05) is 19.1 Å². The summed E-state index contributed by atoms with van der Waals surface area (Å²) < 4.78 is 5.74. The molecule has 1 amide bonds. The number of amides is 1. The number of para-hydroxylation sites is 1. The first kappa shape index (κ1) is 20.1. The topological polar surface area (TPSA) is 50.4 Å². The molecule has 1 heterocycles. The zero-order valence-electron chi connectivity index (χ0n) is 13.5. The van der Waals surface area contributed by atoms with Crippen molar-refractivity contribution in [3.05, 3.63) is 29.3 Å².